The van der Waals surface area contributed by atoms with Gasteiger partial charge in [-0.1, -0.05) is 314 Å². The highest BCUT2D eigenvalue weighted by Crippen LogP contribution is 2.48. The van der Waals surface area contributed by atoms with Gasteiger partial charge in [0.1, 0.15) is 0 Å². The van der Waals surface area contributed by atoms with Crippen molar-refractivity contribution in [3.63, 3.8) is 0 Å². The van der Waals surface area contributed by atoms with Crippen molar-refractivity contribution in [2.24, 2.45) is 5.92 Å². The van der Waals surface area contributed by atoms with Crippen LogP contribution < -0.4 is 15.6 Å². The lowest BCUT2D eigenvalue weighted by atomic mass is 9.90. The van der Waals surface area contributed by atoms with Crippen LogP contribution in [0.5, 0.6) is 0 Å². The number of hydrogen-bond acceptors (Lipinski definition) is 0. The Labute approximate surface area is 485 Å². The fourth-order valence-corrected chi connectivity index (χ4v) is 19.6. The van der Waals surface area contributed by atoms with Crippen LogP contribution in [0.4, 0.5) is 0 Å². The lowest BCUT2D eigenvalue weighted by Gasteiger charge is -2.43. The summed E-state index contributed by atoms with van der Waals surface area (Å²) in [6.45, 7) is 9.76. The highest BCUT2D eigenvalue weighted by atomic mass is 28.3. The summed E-state index contributed by atoms with van der Waals surface area (Å²) in [6, 6.07) is 116. The van der Waals surface area contributed by atoms with Crippen molar-refractivity contribution < 1.29 is 0 Å². The Morgan fingerprint density at radius 1 is 0.220 bits per heavy atom. The largest absolute Gasteiger partial charge is 0.178 e. The maximum absolute atomic E-state index is 3.91. The van der Waals surface area contributed by atoms with E-state index in [0.29, 0.717) is 0 Å². The van der Waals surface area contributed by atoms with Gasteiger partial charge in [0, 0.05) is 0 Å². The normalized spacial score (nSPS) is 13.4. The van der Waals surface area contributed by atoms with Crippen LogP contribution in [-0.2, 0) is 0 Å². The third kappa shape index (κ3) is 9.33. The van der Waals surface area contributed by atoms with Crippen molar-refractivity contribution in [1.82, 2.24) is 0 Å². The number of rotatable bonds is 13. The van der Waals surface area contributed by atoms with E-state index in [9.17, 15) is 0 Å². The van der Waals surface area contributed by atoms with Gasteiger partial charge in [-0.25, -0.2) is 0 Å². The second kappa shape index (κ2) is 22.5. The average molecular weight is 1070 g/mol. The van der Waals surface area contributed by atoms with E-state index in [1.54, 1.807) is 0 Å². The van der Waals surface area contributed by atoms with Crippen molar-refractivity contribution in [1.29, 1.82) is 0 Å². The first-order valence-corrected chi connectivity index (χ1v) is 30.8. The van der Waals surface area contributed by atoms with Crippen molar-refractivity contribution in [2.45, 2.75) is 27.7 Å². The highest BCUT2D eigenvalue weighted by molar-refractivity contribution is 7.18. The smallest absolute Gasteiger partial charge is 0.0636 e. The van der Waals surface area contributed by atoms with E-state index in [-0.39, 0.29) is 5.92 Å². The fraction of sp³-hybridized carbons (Fsp3) is 0.0617. The third-order valence-corrected chi connectivity index (χ3v) is 22.8. The minimum absolute atomic E-state index is 0.0828. The maximum atomic E-state index is 2.69. The molecule has 0 nitrogen and oxygen atoms in total. The van der Waals surface area contributed by atoms with Gasteiger partial charge in [0.25, 0.3) is 0 Å². The lowest BCUT2D eigenvalue weighted by molar-refractivity contribution is 0.852. The molecule has 12 aromatic carbocycles. The van der Waals surface area contributed by atoms with Crippen molar-refractivity contribution >= 4 is 23.6 Å². The van der Waals surface area contributed by atoms with Crippen LogP contribution in [0.3, 0.4) is 0 Å². The average Bonchev–Trinajstić information content (AvgIpc) is 1.37. The topological polar surface area (TPSA) is 0 Å². The molecule has 0 saturated carbocycles. The molecule has 0 fully saturated rings. The Hall–Kier alpha value is -9.66. The predicted octanol–water partition coefficient (Wildman–Crippen LogP) is 20.0. The SMILES string of the molecule is CC1=C(C)C(C)C([Si](c2cc(-c3ccccc3)c(-c3ccccc3)cc2-c2ccccc2)(c2cc(-c3ccccc3)c(-c3ccccc3)cc2-c2ccccc2)c2cc(-c3ccccc3)c(-c3ccccc3)cc2-c2ccccc2)=C1C. The monoisotopic (exact) mass is 1060 g/mol. The van der Waals surface area contributed by atoms with Crippen LogP contribution in [-0.4, -0.2) is 8.07 Å². The quantitative estimate of drug-likeness (QED) is 0.0797. The zero-order chi connectivity index (χ0) is 55.6. The summed E-state index contributed by atoms with van der Waals surface area (Å²) in [4.78, 5) is 0. The van der Waals surface area contributed by atoms with Crippen LogP contribution in [0.1, 0.15) is 27.7 Å². The molecular weight excluding hydrogens is 1000 g/mol. The minimum atomic E-state index is -3.91. The van der Waals surface area contributed by atoms with Crippen LogP contribution in [0.2, 0.25) is 0 Å². The molecule has 12 aromatic rings. The Morgan fingerprint density at radius 3 is 0.585 bits per heavy atom. The molecule has 0 amide bonds. The van der Waals surface area contributed by atoms with E-state index in [1.165, 1.54) is 138 Å². The number of hydrogen-bond donors (Lipinski definition) is 0. The second-order valence-electron chi connectivity index (χ2n) is 21.9. The molecule has 13 rings (SSSR count). The summed E-state index contributed by atoms with van der Waals surface area (Å²) in [6.07, 6.45) is 0. The second-order valence-corrected chi connectivity index (χ2v) is 25.6. The van der Waals surface area contributed by atoms with Gasteiger partial charge in [0.15, 0.2) is 8.07 Å². The van der Waals surface area contributed by atoms with Gasteiger partial charge < -0.3 is 0 Å². The van der Waals surface area contributed by atoms with Gasteiger partial charge in [0.05, 0.1) is 0 Å². The first kappa shape index (κ1) is 51.8. The lowest BCUT2D eigenvalue weighted by Crippen LogP contribution is -2.71. The van der Waals surface area contributed by atoms with Crippen molar-refractivity contribution in [2.75, 3.05) is 0 Å². The summed E-state index contributed by atoms with van der Waals surface area (Å²) < 4.78 is 0. The van der Waals surface area contributed by atoms with Gasteiger partial charge in [-0.05, 0) is 166 Å². The van der Waals surface area contributed by atoms with Gasteiger partial charge in [-0.2, -0.15) is 0 Å². The number of benzene rings is 12. The molecule has 1 unspecified atom stereocenters. The molecule has 1 atom stereocenters. The standard InChI is InChI=1S/C81H64Si/c1-56-57(2)59(4)81(58(56)3)82(78-53-72(63-38-20-8-21-39-63)69(60-32-14-5-15-33-60)50-75(78)66-44-26-11-27-45-66,79-54-73(64-40-22-9-23-41-64)70(61-34-16-6-17-35-61)51-76(79)67-46-28-12-29-47-67)80-55-74(65-42-24-10-25-43-65)71(62-36-18-7-19-37-62)52-77(80)68-48-30-13-31-49-68/h5-55,58H,1-4H3. The Kier molecular flexibility index (Phi) is 14.2. The predicted molar refractivity (Wildman–Crippen MR) is 353 cm³/mol. The van der Waals surface area contributed by atoms with Crippen LogP contribution in [0.15, 0.2) is 331 Å². The Morgan fingerprint density at radius 2 is 0.402 bits per heavy atom. The van der Waals surface area contributed by atoms with Gasteiger partial charge in [-0.15, -0.1) is 0 Å². The first-order valence-electron chi connectivity index (χ1n) is 28.8. The summed E-state index contributed by atoms with van der Waals surface area (Å²) in [7, 11) is -3.91. The van der Waals surface area contributed by atoms with Gasteiger partial charge >= 0.3 is 0 Å². The molecule has 0 aliphatic heterocycles. The maximum Gasteiger partial charge on any atom is 0.178 e. The third-order valence-electron chi connectivity index (χ3n) is 17.5. The molecule has 0 heterocycles. The van der Waals surface area contributed by atoms with Crippen LogP contribution in [0, 0.1) is 5.92 Å². The fourth-order valence-electron chi connectivity index (χ4n) is 13.3. The first-order chi connectivity index (χ1) is 40.4. The Balaban J connectivity index is 1.36. The molecule has 0 spiro atoms. The molecular formula is C81H64Si. The van der Waals surface area contributed by atoms with E-state index < -0.39 is 8.07 Å². The summed E-state index contributed by atoms with van der Waals surface area (Å²) in [5.41, 5.74) is 25.8. The van der Waals surface area contributed by atoms with E-state index in [4.69, 9.17) is 0 Å². The highest BCUT2D eigenvalue weighted by Gasteiger charge is 2.52. The van der Waals surface area contributed by atoms with Crippen molar-refractivity contribution in [3.05, 3.63) is 331 Å². The van der Waals surface area contributed by atoms with E-state index in [0.717, 1.165) is 0 Å². The van der Waals surface area contributed by atoms with Gasteiger partial charge in [0.2, 0.25) is 0 Å². The molecule has 82 heavy (non-hydrogen) atoms. The summed E-state index contributed by atoms with van der Waals surface area (Å²) >= 11 is 0. The molecule has 0 saturated heterocycles. The molecule has 0 radical (unpaired) electrons. The summed E-state index contributed by atoms with van der Waals surface area (Å²) in [5.74, 6) is 0.0828. The van der Waals surface area contributed by atoms with E-state index in [2.05, 4.69) is 337 Å². The molecule has 1 aliphatic rings. The molecule has 1 aliphatic carbocycles. The van der Waals surface area contributed by atoms with Crippen LogP contribution >= 0.6 is 0 Å². The van der Waals surface area contributed by atoms with Gasteiger partial charge in [-0.3, -0.25) is 0 Å². The molecule has 392 valence electrons. The van der Waals surface area contributed by atoms with Crippen molar-refractivity contribution in [3.8, 4) is 100 Å². The van der Waals surface area contributed by atoms with E-state index in [1.807, 2.05) is 0 Å². The molecule has 1 heteroatoms. The van der Waals surface area contributed by atoms with E-state index >= 15 is 0 Å². The molecule has 0 aromatic heterocycles. The summed E-state index contributed by atoms with van der Waals surface area (Å²) in [5, 5.41) is 5.58. The van der Waals surface area contributed by atoms with Crippen LogP contribution in [0.25, 0.3) is 100 Å². The Bertz CT molecular complexity index is 3880. The zero-order valence-electron chi connectivity index (χ0n) is 47.0. The molecule has 0 N–H and O–H groups in total. The zero-order valence-corrected chi connectivity index (χ0v) is 48.0. The minimum Gasteiger partial charge on any atom is -0.0636 e. The number of allylic oxidation sites excluding steroid dienone is 4. The molecule has 0 bridgehead atoms.